The largest absolute Gasteiger partial charge is 0.438 e. The quantitative estimate of drug-likeness (QED) is 0.774. The van der Waals surface area contributed by atoms with Crippen LogP contribution in [0.15, 0.2) is 60.8 Å². The second-order valence-electron chi connectivity index (χ2n) is 6.00. The Kier molecular flexibility index (Phi) is 3.95. The maximum Gasteiger partial charge on any atom is 0.222 e. The molecule has 0 unspecified atom stereocenters. The van der Waals surface area contributed by atoms with Crippen molar-refractivity contribution in [3.63, 3.8) is 0 Å². The highest BCUT2D eigenvalue weighted by atomic mass is 16.5. The van der Waals surface area contributed by atoms with E-state index in [2.05, 4.69) is 34.6 Å². The van der Waals surface area contributed by atoms with Gasteiger partial charge in [-0.25, -0.2) is 4.98 Å². The first-order valence-electron chi connectivity index (χ1n) is 8.23. The summed E-state index contributed by atoms with van der Waals surface area (Å²) < 4.78 is 6.24. The fraction of sp³-hybridized carbons (Fsp3) is 0.250. The predicted octanol–water partition coefficient (Wildman–Crippen LogP) is 4.49. The van der Waals surface area contributed by atoms with E-state index >= 15 is 0 Å². The average Bonchev–Trinajstić information content (AvgIpc) is 2.63. The minimum atomic E-state index is 0.523. The summed E-state index contributed by atoms with van der Waals surface area (Å²) in [6, 6.07) is 18.6. The van der Waals surface area contributed by atoms with Gasteiger partial charge in [0.1, 0.15) is 5.75 Å². The van der Waals surface area contributed by atoms with E-state index in [0.29, 0.717) is 5.92 Å². The summed E-state index contributed by atoms with van der Waals surface area (Å²) in [6.45, 7) is 2.13. The van der Waals surface area contributed by atoms with Crippen molar-refractivity contribution in [1.29, 1.82) is 0 Å². The molecule has 3 nitrogen and oxygen atoms in total. The molecule has 1 aliphatic rings. The van der Waals surface area contributed by atoms with E-state index in [-0.39, 0.29) is 0 Å². The van der Waals surface area contributed by atoms with Gasteiger partial charge in [-0.1, -0.05) is 42.5 Å². The van der Waals surface area contributed by atoms with E-state index in [9.17, 15) is 0 Å². The van der Waals surface area contributed by atoms with Crippen molar-refractivity contribution >= 4 is 10.8 Å². The van der Waals surface area contributed by atoms with Gasteiger partial charge in [-0.05, 0) is 49.4 Å². The zero-order valence-electron chi connectivity index (χ0n) is 13.0. The lowest BCUT2D eigenvalue weighted by Gasteiger charge is -2.24. The summed E-state index contributed by atoms with van der Waals surface area (Å²) in [7, 11) is 0. The van der Waals surface area contributed by atoms with E-state index in [1.54, 1.807) is 0 Å². The number of benzene rings is 2. The van der Waals surface area contributed by atoms with E-state index in [1.807, 2.05) is 36.5 Å². The SMILES string of the molecule is c1cnc(Oc2cccc3ccccc23)c(C2CCNCC2)c1. The van der Waals surface area contributed by atoms with Gasteiger partial charge in [0.15, 0.2) is 0 Å². The molecule has 0 radical (unpaired) electrons. The van der Waals surface area contributed by atoms with Crippen molar-refractivity contribution in [2.45, 2.75) is 18.8 Å². The molecule has 2 aromatic carbocycles. The van der Waals surface area contributed by atoms with Crippen LogP contribution in [0.2, 0.25) is 0 Å². The zero-order valence-corrected chi connectivity index (χ0v) is 13.0. The van der Waals surface area contributed by atoms with Crippen molar-refractivity contribution in [1.82, 2.24) is 10.3 Å². The molecule has 0 spiro atoms. The molecule has 0 aliphatic carbocycles. The topological polar surface area (TPSA) is 34.1 Å². The lowest BCUT2D eigenvalue weighted by molar-refractivity contribution is 0.421. The first kappa shape index (κ1) is 14.2. The number of nitrogens with one attached hydrogen (secondary N) is 1. The highest BCUT2D eigenvalue weighted by Crippen LogP contribution is 2.35. The van der Waals surface area contributed by atoms with Crippen LogP contribution in [0, 0.1) is 0 Å². The van der Waals surface area contributed by atoms with E-state index in [0.717, 1.165) is 42.9 Å². The molecule has 1 aliphatic heterocycles. The Morgan fingerprint density at radius 2 is 1.74 bits per heavy atom. The average molecular weight is 304 g/mol. The molecule has 0 bridgehead atoms. The van der Waals surface area contributed by atoms with Crippen molar-refractivity contribution < 1.29 is 4.74 Å². The molecule has 1 saturated heterocycles. The number of piperidine rings is 1. The monoisotopic (exact) mass is 304 g/mol. The minimum Gasteiger partial charge on any atom is -0.438 e. The Morgan fingerprint density at radius 3 is 2.65 bits per heavy atom. The maximum atomic E-state index is 6.24. The first-order valence-corrected chi connectivity index (χ1v) is 8.23. The van der Waals surface area contributed by atoms with E-state index < -0.39 is 0 Å². The molecule has 0 amide bonds. The lowest BCUT2D eigenvalue weighted by atomic mass is 9.91. The van der Waals surface area contributed by atoms with E-state index in [4.69, 9.17) is 4.74 Å². The number of rotatable bonds is 3. The highest BCUT2D eigenvalue weighted by molar-refractivity contribution is 5.88. The molecule has 116 valence electrons. The molecular weight excluding hydrogens is 284 g/mol. The van der Waals surface area contributed by atoms with Crippen molar-refractivity contribution in [2.75, 3.05) is 13.1 Å². The van der Waals surface area contributed by atoms with Gasteiger partial charge in [0, 0.05) is 17.1 Å². The van der Waals surface area contributed by atoms with Crippen molar-refractivity contribution in [3.8, 4) is 11.6 Å². The summed E-state index contributed by atoms with van der Waals surface area (Å²) >= 11 is 0. The summed E-state index contributed by atoms with van der Waals surface area (Å²) in [5.41, 5.74) is 1.22. The molecule has 3 heteroatoms. The van der Waals surface area contributed by atoms with Crippen molar-refractivity contribution in [2.24, 2.45) is 0 Å². The van der Waals surface area contributed by atoms with Gasteiger partial charge in [0.05, 0.1) is 0 Å². The number of ether oxygens (including phenoxy) is 1. The van der Waals surface area contributed by atoms with Gasteiger partial charge in [-0.2, -0.15) is 0 Å². The molecule has 1 aromatic heterocycles. The fourth-order valence-electron chi connectivity index (χ4n) is 3.32. The van der Waals surface area contributed by atoms with Crippen LogP contribution in [0.25, 0.3) is 10.8 Å². The minimum absolute atomic E-state index is 0.523. The Balaban J connectivity index is 1.71. The Hall–Kier alpha value is -2.39. The van der Waals surface area contributed by atoms with Crippen LogP contribution >= 0.6 is 0 Å². The Labute approximate surface area is 136 Å². The fourth-order valence-corrected chi connectivity index (χ4v) is 3.32. The lowest BCUT2D eigenvalue weighted by Crippen LogP contribution is -2.26. The normalized spacial score (nSPS) is 15.7. The van der Waals surface area contributed by atoms with Crippen LogP contribution in [0.3, 0.4) is 0 Å². The summed E-state index contributed by atoms with van der Waals surface area (Å²) in [6.07, 6.45) is 4.08. The van der Waals surface area contributed by atoms with Crippen LogP contribution in [-0.2, 0) is 0 Å². The Bertz CT molecular complexity index is 804. The van der Waals surface area contributed by atoms with Crippen LogP contribution in [0.1, 0.15) is 24.3 Å². The van der Waals surface area contributed by atoms with Crippen LogP contribution in [0.4, 0.5) is 0 Å². The van der Waals surface area contributed by atoms with Gasteiger partial charge in [0.2, 0.25) is 5.88 Å². The standard InChI is InChI=1S/C20H20N2O/c1-2-7-17-15(5-1)6-3-9-19(17)23-20-18(8-4-12-22-20)16-10-13-21-14-11-16/h1-9,12,16,21H,10-11,13-14H2. The van der Waals surface area contributed by atoms with Gasteiger partial charge < -0.3 is 10.1 Å². The molecule has 3 aromatic rings. The second kappa shape index (κ2) is 6.39. The highest BCUT2D eigenvalue weighted by Gasteiger charge is 2.20. The van der Waals surface area contributed by atoms with Crippen LogP contribution < -0.4 is 10.1 Å². The first-order chi connectivity index (χ1) is 11.4. The van der Waals surface area contributed by atoms with Gasteiger partial charge in [-0.3, -0.25) is 0 Å². The van der Waals surface area contributed by atoms with Crippen molar-refractivity contribution in [3.05, 3.63) is 66.4 Å². The number of nitrogens with zero attached hydrogens (tertiary/aromatic N) is 1. The number of hydrogen-bond donors (Lipinski definition) is 1. The third-order valence-corrected chi connectivity index (χ3v) is 4.54. The summed E-state index contributed by atoms with van der Waals surface area (Å²) in [5, 5.41) is 5.72. The number of aromatic nitrogens is 1. The molecule has 23 heavy (non-hydrogen) atoms. The Morgan fingerprint density at radius 1 is 0.913 bits per heavy atom. The maximum absolute atomic E-state index is 6.24. The van der Waals surface area contributed by atoms with E-state index in [1.165, 1.54) is 10.9 Å². The molecule has 2 heterocycles. The smallest absolute Gasteiger partial charge is 0.222 e. The zero-order chi connectivity index (χ0) is 15.5. The van der Waals surface area contributed by atoms with Crippen LogP contribution in [0.5, 0.6) is 11.6 Å². The number of hydrogen-bond acceptors (Lipinski definition) is 3. The van der Waals surface area contributed by atoms with Gasteiger partial charge >= 0.3 is 0 Å². The number of pyridine rings is 1. The third kappa shape index (κ3) is 2.92. The summed E-state index contributed by atoms with van der Waals surface area (Å²) in [4.78, 5) is 4.51. The molecule has 1 fully saturated rings. The van der Waals surface area contributed by atoms with Gasteiger partial charge in [-0.15, -0.1) is 0 Å². The molecule has 0 saturated carbocycles. The van der Waals surface area contributed by atoms with Gasteiger partial charge in [0.25, 0.3) is 0 Å². The predicted molar refractivity (Wildman–Crippen MR) is 93.1 cm³/mol. The molecule has 1 N–H and O–H groups in total. The molecule has 4 rings (SSSR count). The summed E-state index contributed by atoms with van der Waals surface area (Å²) in [5.74, 6) is 2.14. The van der Waals surface area contributed by atoms with Crippen LogP contribution in [-0.4, -0.2) is 18.1 Å². The second-order valence-corrected chi connectivity index (χ2v) is 6.00. The third-order valence-electron chi connectivity index (χ3n) is 4.54. The molecular formula is C20H20N2O. The number of fused-ring (bicyclic) bond motifs is 1. The molecule has 0 atom stereocenters.